The number of rotatable bonds is 1. The molecule has 0 radical (unpaired) electrons. The van der Waals surface area contributed by atoms with Crippen LogP contribution in [0.1, 0.15) is 12.8 Å². The molecule has 9 heavy (non-hydrogen) atoms. The Kier molecular flexibility index (Phi) is 5.15. The van der Waals surface area contributed by atoms with Crippen molar-refractivity contribution in [2.24, 2.45) is 5.92 Å². The Morgan fingerprint density at radius 3 is 2.67 bits per heavy atom. The summed E-state index contributed by atoms with van der Waals surface area (Å²) in [5.74, 6) is 0.531. The molecular weight excluding hydrogens is 138 g/mol. The van der Waals surface area contributed by atoms with Crippen molar-refractivity contribution in [3.8, 4) is 0 Å². The second kappa shape index (κ2) is 5.03. The topological polar surface area (TPSA) is 32.3 Å². The summed E-state index contributed by atoms with van der Waals surface area (Å²) in [6.45, 7) is 2.50. The first-order valence-electron chi connectivity index (χ1n) is 3.25. The number of hydrogen-bond donors (Lipinski definition) is 2. The van der Waals surface area contributed by atoms with E-state index in [0.717, 1.165) is 13.1 Å². The van der Waals surface area contributed by atoms with E-state index in [-0.39, 0.29) is 12.4 Å². The van der Waals surface area contributed by atoms with Gasteiger partial charge in [0.15, 0.2) is 0 Å². The zero-order valence-corrected chi connectivity index (χ0v) is 6.28. The molecule has 56 valence electrons. The molecule has 0 bridgehead atoms. The van der Waals surface area contributed by atoms with Crippen LogP contribution in [-0.4, -0.2) is 24.8 Å². The number of piperidine rings is 1. The van der Waals surface area contributed by atoms with Crippen LogP contribution < -0.4 is 5.32 Å². The molecule has 2 nitrogen and oxygen atoms in total. The van der Waals surface area contributed by atoms with Crippen LogP contribution in [0.25, 0.3) is 0 Å². The minimum atomic E-state index is 0. The van der Waals surface area contributed by atoms with E-state index < -0.39 is 0 Å². The third-order valence-corrected chi connectivity index (χ3v) is 1.66. The molecule has 1 heterocycles. The maximum Gasteiger partial charge on any atom is 0.0471 e. The Bertz CT molecular complexity index is 64.1. The molecule has 1 saturated heterocycles. The molecule has 1 aliphatic rings. The van der Waals surface area contributed by atoms with E-state index in [4.69, 9.17) is 5.11 Å². The van der Waals surface area contributed by atoms with E-state index in [2.05, 4.69) is 5.32 Å². The quantitative estimate of drug-likeness (QED) is 0.569. The molecule has 1 rings (SSSR count). The van der Waals surface area contributed by atoms with E-state index >= 15 is 0 Å². The lowest BCUT2D eigenvalue weighted by atomic mass is 10.0. The molecule has 0 unspecified atom stereocenters. The predicted octanol–water partition coefficient (Wildman–Crippen LogP) is 0.400. The number of hydrogen-bond acceptors (Lipinski definition) is 2. The summed E-state index contributed by atoms with van der Waals surface area (Å²) in [7, 11) is 0. The Balaban J connectivity index is 0.000000640. The van der Waals surface area contributed by atoms with E-state index in [1.165, 1.54) is 12.8 Å². The Morgan fingerprint density at radius 2 is 2.33 bits per heavy atom. The van der Waals surface area contributed by atoms with Crippen LogP contribution >= 0.6 is 12.4 Å². The molecule has 0 aliphatic carbocycles. The number of aliphatic hydroxyl groups is 1. The average molecular weight is 152 g/mol. The lowest BCUT2D eigenvalue weighted by Gasteiger charge is -2.19. The average Bonchev–Trinajstić information content (AvgIpc) is 1.90. The first-order valence-corrected chi connectivity index (χ1v) is 3.25. The lowest BCUT2D eigenvalue weighted by molar-refractivity contribution is 0.199. The van der Waals surface area contributed by atoms with Gasteiger partial charge in [-0.15, -0.1) is 12.4 Å². The van der Waals surface area contributed by atoms with Crippen molar-refractivity contribution in [2.75, 3.05) is 19.7 Å². The summed E-state index contributed by atoms with van der Waals surface area (Å²) < 4.78 is 0. The molecule has 0 aromatic carbocycles. The SMILES string of the molecule is Cl.OC[C@@H]1CCCNC1. The van der Waals surface area contributed by atoms with Gasteiger partial charge in [0.2, 0.25) is 0 Å². The summed E-state index contributed by atoms with van der Waals surface area (Å²) >= 11 is 0. The van der Waals surface area contributed by atoms with Crippen LogP contribution in [0.15, 0.2) is 0 Å². The molecule has 0 aromatic heterocycles. The van der Waals surface area contributed by atoms with Crippen LogP contribution in [-0.2, 0) is 0 Å². The second-order valence-electron chi connectivity index (χ2n) is 2.39. The largest absolute Gasteiger partial charge is 0.396 e. The van der Waals surface area contributed by atoms with Crippen LogP contribution in [0.4, 0.5) is 0 Å². The number of aliphatic hydroxyl groups excluding tert-OH is 1. The molecule has 1 fully saturated rings. The lowest BCUT2D eigenvalue weighted by Crippen LogP contribution is -2.31. The van der Waals surface area contributed by atoms with Gasteiger partial charge in [-0.2, -0.15) is 0 Å². The first kappa shape index (κ1) is 9.21. The number of nitrogens with one attached hydrogen (secondary N) is 1. The summed E-state index contributed by atoms with van der Waals surface area (Å²) in [6.07, 6.45) is 2.43. The van der Waals surface area contributed by atoms with Crippen LogP contribution in [0.2, 0.25) is 0 Å². The van der Waals surface area contributed by atoms with E-state index in [9.17, 15) is 0 Å². The van der Waals surface area contributed by atoms with Crippen molar-refractivity contribution in [2.45, 2.75) is 12.8 Å². The van der Waals surface area contributed by atoms with Gasteiger partial charge in [0.25, 0.3) is 0 Å². The van der Waals surface area contributed by atoms with Gasteiger partial charge in [-0.3, -0.25) is 0 Å². The molecular formula is C6H14ClNO. The highest BCUT2D eigenvalue weighted by Gasteiger charge is 2.09. The molecule has 0 amide bonds. The monoisotopic (exact) mass is 151 g/mol. The van der Waals surface area contributed by atoms with Crippen molar-refractivity contribution in [3.63, 3.8) is 0 Å². The predicted molar refractivity (Wildman–Crippen MR) is 39.9 cm³/mol. The van der Waals surface area contributed by atoms with Gasteiger partial charge in [-0.25, -0.2) is 0 Å². The van der Waals surface area contributed by atoms with Crippen LogP contribution in [0.5, 0.6) is 0 Å². The molecule has 1 atom stereocenters. The highest BCUT2D eigenvalue weighted by molar-refractivity contribution is 5.85. The molecule has 2 N–H and O–H groups in total. The van der Waals surface area contributed by atoms with Gasteiger partial charge in [-0.1, -0.05) is 0 Å². The summed E-state index contributed by atoms with van der Waals surface area (Å²) in [4.78, 5) is 0. The fourth-order valence-corrected chi connectivity index (χ4v) is 1.08. The Morgan fingerprint density at radius 1 is 1.56 bits per heavy atom. The first-order chi connectivity index (χ1) is 3.93. The fourth-order valence-electron chi connectivity index (χ4n) is 1.08. The third kappa shape index (κ3) is 3.04. The molecule has 0 saturated carbocycles. The maximum atomic E-state index is 8.65. The highest BCUT2D eigenvalue weighted by atomic mass is 35.5. The van der Waals surface area contributed by atoms with Crippen molar-refractivity contribution >= 4 is 12.4 Å². The van der Waals surface area contributed by atoms with Crippen molar-refractivity contribution in [1.82, 2.24) is 5.32 Å². The second-order valence-corrected chi connectivity index (χ2v) is 2.39. The number of halogens is 1. The summed E-state index contributed by atoms with van der Waals surface area (Å²) in [6, 6.07) is 0. The zero-order valence-electron chi connectivity index (χ0n) is 5.47. The van der Waals surface area contributed by atoms with Gasteiger partial charge in [0.05, 0.1) is 0 Å². The van der Waals surface area contributed by atoms with E-state index in [1.54, 1.807) is 0 Å². The molecule has 0 spiro atoms. The minimum absolute atomic E-state index is 0. The van der Waals surface area contributed by atoms with Crippen LogP contribution in [0, 0.1) is 5.92 Å². The van der Waals surface area contributed by atoms with Gasteiger partial charge < -0.3 is 10.4 Å². The molecule has 3 heteroatoms. The van der Waals surface area contributed by atoms with Crippen LogP contribution in [0.3, 0.4) is 0 Å². The highest BCUT2D eigenvalue weighted by Crippen LogP contribution is 2.07. The normalized spacial score (nSPS) is 27.0. The molecule has 1 aliphatic heterocycles. The van der Waals surface area contributed by atoms with E-state index in [0.29, 0.717) is 12.5 Å². The standard InChI is InChI=1S/C6H13NO.ClH/c8-5-6-2-1-3-7-4-6;/h6-8H,1-5H2;1H/t6-;/m1./s1. The molecule has 0 aromatic rings. The van der Waals surface area contributed by atoms with E-state index in [1.807, 2.05) is 0 Å². The third-order valence-electron chi connectivity index (χ3n) is 1.66. The van der Waals surface area contributed by atoms with Crippen molar-refractivity contribution in [3.05, 3.63) is 0 Å². The maximum absolute atomic E-state index is 8.65. The zero-order chi connectivity index (χ0) is 5.82. The summed E-state index contributed by atoms with van der Waals surface area (Å²) in [5, 5.41) is 11.9. The van der Waals surface area contributed by atoms with Gasteiger partial charge in [0.1, 0.15) is 0 Å². The smallest absolute Gasteiger partial charge is 0.0471 e. The minimum Gasteiger partial charge on any atom is -0.396 e. The Labute approximate surface area is 62.1 Å². The van der Waals surface area contributed by atoms with Crippen molar-refractivity contribution < 1.29 is 5.11 Å². The Hall–Kier alpha value is 0.210. The fraction of sp³-hybridized carbons (Fsp3) is 1.00. The van der Waals surface area contributed by atoms with Gasteiger partial charge >= 0.3 is 0 Å². The summed E-state index contributed by atoms with van der Waals surface area (Å²) in [5.41, 5.74) is 0. The van der Waals surface area contributed by atoms with Gasteiger partial charge in [-0.05, 0) is 25.3 Å². The van der Waals surface area contributed by atoms with Crippen molar-refractivity contribution in [1.29, 1.82) is 0 Å². The van der Waals surface area contributed by atoms with Gasteiger partial charge in [0, 0.05) is 13.2 Å².